The number of aryl methyl sites for hydroxylation is 1. The van der Waals surface area contributed by atoms with Gasteiger partial charge in [-0.05, 0) is 42.3 Å². The Morgan fingerprint density at radius 1 is 1.26 bits per heavy atom. The second-order valence-corrected chi connectivity index (χ2v) is 5.26. The van der Waals surface area contributed by atoms with Crippen LogP contribution >= 0.6 is 0 Å². The lowest BCUT2D eigenvalue weighted by atomic mass is 10.1. The average Bonchev–Trinajstić information content (AvgIpc) is 2.95. The third-order valence-electron chi connectivity index (χ3n) is 3.38. The van der Waals surface area contributed by atoms with Crippen molar-refractivity contribution in [2.24, 2.45) is 0 Å². The Labute approximate surface area is 133 Å². The van der Waals surface area contributed by atoms with Gasteiger partial charge in [-0.15, -0.1) is 0 Å². The number of nitrogens with zero attached hydrogens (tertiary/aromatic N) is 3. The van der Waals surface area contributed by atoms with Crippen LogP contribution in [0.2, 0.25) is 0 Å². The number of rotatable bonds is 4. The van der Waals surface area contributed by atoms with E-state index in [-0.39, 0.29) is 17.2 Å². The summed E-state index contributed by atoms with van der Waals surface area (Å²) in [7, 11) is 0. The first-order valence-corrected chi connectivity index (χ1v) is 7.14. The molecule has 0 aliphatic rings. The second-order valence-electron chi connectivity index (χ2n) is 5.26. The molecule has 3 aromatic rings. The van der Waals surface area contributed by atoms with Crippen molar-refractivity contribution in [3.8, 4) is 5.75 Å². The molecule has 0 spiro atoms. The summed E-state index contributed by atoms with van der Waals surface area (Å²) in [6.07, 6.45) is 6.76. The molecule has 2 aromatic heterocycles. The number of carbonyl (C=O) groups excluding carboxylic acids is 1. The summed E-state index contributed by atoms with van der Waals surface area (Å²) >= 11 is 0. The zero-order valence-electron chi connectivity index (χ0n) is 12.6. The van der Waals surface area contributed by atoms with E-state index in [0.717, 1.165) is 11.1 Å². The fourth-order valence-corrected chi connectivity index (χ4v) is 2.22. The van der Waals surface area contributed by atoms with Crippen molar-refractivity contribution in [2.45, 2.75) is 13.5 Å². The van der Waals surface area contributed by atoms with Crippen LogP contribution in [0.15, 0.2) is 55.1 Å². The van der Waals surface area contributed by atoms with Gasteiger partial charge >= 0.3 is 0 Å². The molecule has 1 amide bonds. The molecule has 116 valence electrons. The minimum atomic E-state index is -0.369. The van der Waals surface area contributed by atoms with Crippen molar-refractivity contribution in [3.63, 3.8) is 0 Å². The van der Waals surface area contributed by atoms with Crippen LogP contribution in [0.5, 0.6) is 5.75 Å². The number of amides is 1. The van der Waals surface area contributed by atoms with E-state index in [4.69, 9.17) is 0 Å². The van der Waals surface area contributed by atoms with Crippen molar-refractivity contribution in [3.05, 3.63) is 71.8 Å². The van der Waals surface area contributed by atoms with Crippen LogP contribution < -0.4 is 5.32 Å². The summed E-state index contributed by atoms with van der Waals surface area (Å²) in [6, 6.07) is 8.75. The Morgan fingerprint density at radius 3 is 2.78 bits per heavy atom. The summed E-state index contributed by atoms with van der Waals surface area (Å²) in [5, 5.41) is 16.8. The van der Waals surface area contributed by atoms with Gasteiger partial charge in [-0.1, -0.05) is 6.07 Å². The number of carbonyl (C=O) groups is 1. The Bertz CT molecular complexity index is 828. The zero-order valence-corrected chi connectivity index (χ0v) is 12.6. The Kier molecular flexibility index (Phi) is 4.05. The van der Waals surface area contributed by atoms with Gasteiger partial charge in [0.1, 0.15) is 5.75 Å². The molecule has 0 fully saturated rings. The highest BCUT2D eigenvalue weighted by Gasteiger charge is 2.12. The number of hydrogen-bond donors (Lipinski definition) is 2. The van der Waals surface area contributed by atoms with Gasteiger partial charge in [0, 0.05) is 18.6 Å². The van der Waals surface area contributed by atoms with Gasteiger partial charge in [0.05, 0.1) is 24.0 Å². The third kappa shape index (κ3) is 3.55. The number of hydrogen-bond acceptors (Lipinski definition) is 4. The molecule has 0 aliphatic heterocycles. The van der Waals surface area contributed by atoms with E-state index in [0.29, 0.717) is 12.2 Å². The molecule has 2 N–H and O–H groups in total. The molecule has 6 nitrogen and oxygen atoms in total. The average molecular weight is 308 g/mol. The monoisotopic (exact) mass is 308 g/mol. The molecule has 2 heterocycles. The molecular weight excluding hydrogens is 292 g/mol. The van der Waals surface area contributed by atoms with E-state index in [1.54, 1.807) is 47.7 Å². The number of benzene rings is 1. The fourth-order valence-electron chi connectivity index (χ4n) is 2.22. The largest absolute Gasteiger partial charge is 0.507 e. The van der Waals surface area contributed by atoms with E-state index < -0.39 is 0 Å². The number of phenolic OH excluding ortho intramolecular Hbond substituents is 1. The molecule has 23 heavy (non-hydrogen) atoms. The van der Waals surface area contributed by atoms with Gasteiger partial charge in [-0.2, -0.15) is 5.10 Å². The second kappa shape index (κ2) is 6.31. The first-order valence-electron chi connectivity index (χ1n) is 7.14. The maximum Gasteiger partial charge on any atom is 0.259 e. The van der Waals surface area contributed by atoms with E-state index in [1.807, 2.05) is 19.1 Å². The zero-order chi connectivity index (χ0) is 16.2. The van der Waals surface area contributed by atoms with E-state index in [1.165, 1.54) is 0 Å². The van der Waals surface area contributed by atoms with Crippen LogP contribution in [0.25, 0.3) is 0 Å². The molecule has 6 heteroatoms. The van der Waals surface area contributed by atoms with Crippen molar-refractivity contribution >= 4 is 11.6 Å². The van der Waals surface area contributed by atoms with Crippen molar-refractivity contribution in [2.75, 3.05) is 5.32 Å². The number of aromatic hydroxyl groups is 1. The quantitative estimate of drug-likeness (QED) is 0.776. The summed E-state index contributed by atoms with van der Waals surface area (Å²) in [6.45, 7) is 2.44. The van der Waals surface area contributed by atoms with E-state index in [2.05, 4.69) is 15.4 Å². The lowest BCUT2D eigenvalue weighted by molar-refractivity contribution is 0.102. The minimum absolute atomic E-state index is 0.0355. The summed E-state index contributed by atoms with van der Waals surface area (Å²) in [5.41, 5.74) is 2.77. The first kappa shape index (κ1) is 14.8. The minimum Gasteiger partial charge on any atom is -0.507 e. The molecule has 0 saturated heterocycles. The number of pyridine rings is 1. The van der Waals surface area contributed by atoms with Gasteiger partial charge in [0.15, 0.2) is 0 Å². The van der Waals surface area contributed by atoms with Gasteiger partial charge in [-0.25, -0.2) is 0 Å². The number of phenols is 1. The van der Waals surface area contributed by atoms with Crippen LogP contribution in [0.1, 0.15) is 21.5 Å². The number of aromatic nitrogens is 3. The van der Waals surface area contributed by atoms with Crippen LogP contribution in [0.4, 0.5) is 5.69 Å². The van der Waals surface area contributed by atoms with Crippen molar-refractivity contribution < 1.29 is 9.90 Å². The van der Waals surface area contributed by atoms with E-state index >= 15 is 0 Å². The highest BCUT2D eigenvalue weighted by Crippen LogP contribution is 2.20. The van der Waals surface area contributed by atoms with E-state index in [9.17, 15) is 9.90 Å². The Morgan fingerprint density at radius 2 is 2.04 bits per heavy atom. The van der Waals surface area contributed by atoms with Crippen LogP contribution in [-0.2, 0) is 6.54 Å². The fraction of sp³-hybridized carbons (Fsp3) is 0.118. The lowest BCUT2D eigenvalue weighted by Crippen LogP contribution is -2.11. The number of nitrogens with one attached hydrogen (secondary N) is 1. The predicted molar refractivity (Wildman–Crippen MR) is 86.4 cm³/mol. The normalized spacial score (nSPS) is 10.5. The molecule has 0 aliphatic carbocycles. The van der Waals surface area contributed by atoms with Crippen molar-refractivity contribution in [1.29, 1.82) is 0 Å². The molecule has 1 aromatic carbocycles. The smallest absolute Gasteiger partial charge is 0.259 e. The van der Waals surface area contributed by atoms with Gasteiger partial charge in [0.25, 0.3) is 5.91 Å². The van der Waals surface area contributed by atoms with Crippen molar-refractivity contribution in [1.82, 2.24) is 14.8 Å². The van der Waals surface area contributed by atoms with Crippen LogP contribution in [0, 0.1) is 6.92 Å². The highest BCUT2D eigenvalue weighted by atomic mass is 16.3. The van der Waals surface area contributed by atoms with Crippen LogP contribution in [-0.4, -0.2) is 25.8 Å². The summed E-state index contributed by atoms with van der Waals surface area (Å²) < 4.78 is 1.72. The molecule has 0 atom stereocenters. The maximum absolute atomic E-state index is 12.2. The molecule has 0 bridgehead atoms. The van der Waals surface area contributed by atoms with Gasteiger partial charge in [-0.3, -0.25) is 14.5 Å². The number of anilines is 1. The maximum atomic E-state index is 12.2. The lowest BCUT2D eigenvalue weighted by Gasteiger charge is -2.05. The molecule has 0 saturated carbocycles. The Balaban J connectivity index is 1.70. The van der Waals surface area contributed by atoms with Crippen LogP contribution in [0.3, 0.4) is 0 Å². The topological polar surface area (TPSA) is 80.0 Å². The highest BCUT2D eigenvalue weighted by molar-refractivity contribution is 6.06. The molecular formula is C17H16N4O2. The molecule has 0 unspecified atom stereocenters. The standard InChI is InChI=1S/C17H16N4O2/c1-12-2-3-15(16(22)8-12)17(23)20-14-9-19-21(11-14)10-13-4-6-18-7-5-13/h2-9,11,22H,10H2,1H3,(H,20,23). The van der Waals surface area contributed by atoms with Gasteiger partial charge in [0.2, 0.25) is 0 Å². The predicted octanol–water partition coefficient (Wildman–Crippen LogP) is 2.59. The summed E-state index contributed by atoms with van der Waals surface area (Å²) in [5.74, 6) is -0.405. The Hall–Kier alpha value is -3.15. The third-order valence-corrected chi connectivity index (χ3v) is 3.38. The summed E-state index contributed by atoms with van der Waals surface area (Å²) in [4.78, 5) is 16.2. The van der Waals surface area contributed by atoms with Gasteiger partial charge < -0.3 is 10.4 Å². The molecule has 3 rings (SSSR count). The first-order chi connectivity index (χ1) is 11.1. The SMILES string of the molecule is Cc1ccc(C(=O)Nc2cnn(Cc3ccncc3)c2)c(O)c1. The molecule has 0 radical (unpaired) electrons.